The highest BCUT2D eigenvalue weighted by Gasteiger charge is 2.47. The highest BCUT2D eigenvalue weighted by molar-refractivity contribution is 7.00. The molecule has 0 fully saturated rings. The van der Waals surface area contributed by atoms with Crippen LogP contribution in [-0.4, -0.2) is 16.7 Å². The Morgan fingerprint density at radius 2 is 1.00 bits per heavy atom. The maximum absolute atomic E-state index is 17.1. The number of hydrogen-bond acceptors (Lipinski definition) is 4. The summed E-state index contributed by atoms with van der Waals surface area (Å²) in [7, 11) is 0. The highest BCUT2D eigenvalue weighted by atomic mass is 19.1. The molecule has 1 aromatic heterocycles. The third-order valence-corrected chi connectivity index (χ3v) is 12.6. The van der Waals surface area contributed by atoms with E-state index in [0.29, 0.717) is 5.69 Å². The van der Waals surface area contributed by atoms with E-state index in [1.165, 1.54) is 27.7 Å². The van der Waals surface area contributed by atoms with E-state index >= 15 is 4.39 Å². The van der Waals surface area contributed by atoms with Crippen molar-refractivity contribution in [1.82, 2.24) is 9.97 Å². The van der Waals surface area contributed by atoms with Gasteiger partial charge in [0.2, 0.25) is 0 Å². The van der Waals surface area contributed by atoms with Crippen molar-refractivity contribution >= 4 is 57.5 Å². The maximum atomic E-state index is 17.1. The van der Waals surface area contributed by atoms with Crippen LogP contribution in [-0.2, 0) is 27.1 Å². The fourth-order valence-corrected chi connectivity index (χ4v) is 8.97. The summed E-state index contributed by atoms with van der Waals surface area (Å²) in [5.74, 6) is 1.34. The maximum Gasteiger partial charge on any atom is 0.256 e. The molecule has 8 rings (SSSR count). The summed E-state index contributed by atoms with van der Waals surface area (Å²) in [6.45, 7) is 29.3. The van der Waals surface area contributed by atoms with Crippen molar-refractivity contribution < 1.29 is 4.39 Å². The van der Waals surface area contributed by atoms with Gasteiger partial charge in [0.05, 0.1) is 5.69 Å². The summed E-state index contributed by atoms with van der Waals surface area (Å²) in [4.78, 5) is 14.6. The topological polar surface area (TPSA) is 32.3 Å². The molecule has 3 aliphatic rings. The Balaban J connectivity index is 1.46. The fourth-order valence-electron chi connectivity index (χ4n) is 8.97. The minimum atomic E-state index is -0.225. The van der Waals surface area contributed by atoms with E-state index in [4.69, 9.17) is 9.97 Å². The molecule has 6 heteroatoms. The van der Waals surface area contributed by atoms with Crippen molar-refractivity contribution in [3.8, 4) is 0 Å². The molecule has 0 atom stereocenters. The molecule has 278 valence electrons. The molecule has 0 N–H and O–H groups in total. The van der Waals surface area contributed by atoms with Crippen LogP contribution in [0, 0.1) is 5.82 Å². The molecular formula is C48H56BFN4. The smallest absolute Gasteiger partial charge is 0.256 e. The minimum Gasteiger partial charge on any atom is -0.296 e. The van der Waals surface area contributed by atoms with Gasteiger partial charge in [-0.2, -0.15) is 0 Å². The van der Waals surface area contributed by atoms with Crippen molar-refractivity contribution in [3.05, 3.63) is 113 Å². The van der Waals surface area contributed by atoms with Crippen LogP contribution in [0.1, 0.15) is 131 Å². The first-order valence-corrected chi connectivity index (χ1v) is 19.8. The summed E-state index contributed by atoms with van der Waals surface area (Å²) < 4.78 is 17.1. The van der Waals surface area contributed by atoms with Crippen LogP contribution < -0.4 is 26.2 Å². The van der Waals surface area contributed by atoms with Gasteiger partial charge in [-0.05, 0) is 115 Å². The van der Waals surface area contributed by atoms with Crippen molar-refractivity contribution in [1.29, 1.82) is 0 Å². The number of nitrogens with zero attached hydrogens (tertiary/aromatic N) is 4. The van der Waals surface area contributed by atoms with Crippen LogP contribution >= 0.6 is 0 Å². The molecule has 3 heterocycles. The van der Waals surface area contributed by atoms with E-state index < -0.39 is 0 Å². The SMILES string of the molecule is CC(C)(C)c1ccc(N2c3ccc(C(C)(C)C)cc3B3c4cc(C(C)(C)C)ccc4N(c4cc5c(cc4F)C(C)(C)CCC5(C)C)c4ncnc2c43)cc1. The lowest BCUT2D eigenvalue weighted by Gasteiger charge is -2.45. The van der Waals surface area contributed by atoms with Crippen molar-refractivity contribution in [2.45, 2.75) is 130 Å². The minimum absolute atomic E-state index is 0.0246. The second-order valence-electron chi connectivity index (χ2n) is 20.5. The molecule has 0 amide bonds. The molecule has 1 aliphatic carbocycles. The lowest BCUT2D eigenvalue weighted by atomic mass is 9.33. The van der Waals surface area contributed by atoms with Gasteiger partial charge in [0.1, 0.15) is 23.8 Å². The van der Waals surface area contributed by atoms with Crippen LogP contribution in [0.4, 0.5) is 38.8 Å². The molecule has 0 bridgehead atoms. The van der Waals surface area contributed by atoms with Gasteiger partial charge < -0.3 is 0 Å². The monoisotopic (exact) mass is 718 g/mol. The third-order valence-electron chi connectivity index (χ3n) is 12.6. The van der Waals surface area contributed by atoms with Gasteiger partial charge >= 0.3 is 0 Å². The van der Waals surface area contributed by atoms with Crippen LogP contribution in [0.15, 0.2) is 79.1 Å². The Hall–Kier alpha value is -4.45. The third kappa shape index (κ3) is 5.69. The number of anilines is 6. The summed E-state index contributed by atoms with van der Waals surface area (Å²) in [5, 5.41) is 0. The van der Waals surface area contributed by atoms with Gasteiger partial charge in [0.15, 0.2) is 0 Å². The standard InChI is InChI=1S/C48H56BFN4/c1-44(2,3)29-14-18-32(19-15-29)53-38-20-16-30(45(4,5)6)24-35(38)49-36-25-31(46(7,8)9)17-21-39(36)54(43-41(49)42(53)51-28-52-43)40-27-34-33(26-37(40)50)47(10,11)22-23-48(34,12)13/h14-21,24-28H,22-23H2,1-13H3. The zero-order chi connectivity index (χ0) is 38.9. The van der Waals surface area contributed by atoms with E-state index in [9.17, 15) is 0 Å². The van der Waals surface area contributed by atoms with E-state index in [-0.39, 0.29) is 39.6 Å². The van der Waals surface area contributed by atoms with E-state index in [2.05, 4.69) is 167 Å². The molecule has 0 unspecified atom stereocenters. The Bertz CT molecular complexity index is 2320. The first kappa shape index (κ1) is 36.5. The summed E-state index contributed by atoms with van der Waals surface area (Å²) in [5.41, 5.74) is 12.8. The van der Waals surface area contributed by atoms with Gasteiger partial charge in [-0.1, -0.05) is 126 Å². The molecule has 0 spiro atoms. The van der Waals surface area contributed by atoms with Crippen LogP contribution in [0.2, 0.25) is 0 Å². The lowest BCUT2D eigenvalue weighted by molar-refractivity contribution is 0.330. The molecule has 54 heavy (non-hydrogen) atoms. The van der Waals surface area contributed by atoms with Gasteiger partial charge in [-0.25, -0.2) is 14.4 Å². The Labute approximate surface area is 323 Å². The number of aromatic nitrogens is 2. The van der Waals surface area contributed by atoms with Gasteiger partial charge in [-0.15, -0.1) is 0 Å². The van der Waals surface area contributed by atoms with E-state index in [0.717, 1.165) is 58.0 Å². The van der Waals surface area contributed by atoms with Gasteiger partial charge in [-0.3, -0.25) is 9.80 Å². The first-order valence-electron chi connectivity index (χ1n) is 19.8. The zero-order valence-corrected chi connectivity index (χ0v) is 34.7. The second-order valence-corrected chi connectivity index (χ2v) is 20.5. The molecule has 0 saturated heterocycles. The number of halogens is 1. The Kier molecular flexibility index (Phi) is 7.97. The average molecular weight is 719 g/mol. The summed E-state index contributed by atoms with van der Waals surface area (Å²) in [6.07, 6.45) is 3.74. The molecule has 4 aromatic carbocycles. The lowest BCUT2D eigenvalue weighted by Crippen LogP contribution is -2.62. The molecule has 5 aromatic rings. The first-order chi connectivity index (χ1) is 25.1. The number of rotatable bonds is 2. The number of benzene rings is 4. The molecule has 0 saturated carbocycles. The van der Waals surface area contributed by atoms with Crippen molar-refractivity contribution in [2.24, 2.45) is 0 Å². The van der Waals surface area contributed by atoms with Crippen LogP contribution in [0.3, 0.4) is 0 Å². The van der Waals surface area contributed by atoms with Crippen LogP contribution in [0.25, 0.3) is 0 Å². The molecular weight excluding hydrogens is 662 g/mol. The molecule has 4 nitrogen and oxygen atoms in total. The summed E-state index contributed by atoms with van der Waals surface area (Å²) in [6, 6.07) is 26.6. The molecule has 2 aliphatic heterocycles. The predicted octanol–water partition coefficient (Wildman–Crippen LogP) is 10.9. The molecule has 0 radical (unpaired) electrons. The average Bonchev–Trinajstić information content (AvgIpc) is 3.09. The number of fused-ring (bicyclic) bond motifs is 5. The normalized spacial score (nSPS) is 17.1. The second kappa shape index (κ2) is 11.8. The van der Waals surface area contributed by atoms with E-state index in [1.54, 1.807) is 6.33 Å². The van der Waals surface area contributed by atoms with Gasteiger partial charge in [0, 0.05) is 22.5 Å². The summed E-state index contributed by atoms with van der Waals surface area (Å²) >= 11 is 0. The Morgan fingerprint density at radius 3 is 1.50 bits per heavy atom. The van der Waals surface area contributed by atoms with Crippen molar-refractivity contribution in [3.63, 3.8) is 0 Å². The number of hydrogen-bond donors (Lipinski definition) is 0. The van der Waals surface area contributed by atoms with Gasteiger partial charge in [0.25, 0.3) is 6.71 Å². The largest absolute Gasteiger partial charge is 0.296 e. The fraction of sp³-hybridized carbons (Fsp3) is 0.417. The zero-order valence-electron chi connectivity index (χ0n) is 34.7. The van der Waals surface area contributed by atoms with Crippen LogP contribution in [0.5, 0.6) is 0 Å². The quantitative estimate of drug-likeness (QED) is 0.167. The Morgan fingerprint density at radius 1 is 0.556 bits per heavy atom. The highest BCUT2D eigenvalue weighted by Crippen LogP contribution is 2.50. The predicted molar refractivity (Wildman–Crippen MR) is 227 cm³/mol. The van der Waals surface area contributed by atoms with Crippen molar-refractivity contribution in [2.75, 3.05) is 9.80 Å². The van der Waals surface area contributed by atoms with E-state index in [1.807, 2.05) is 6.07 Å².